The Hall–Kier alpha value is -3.88. The van der Waals surface area contributed by atoms with Crippen LogP contribution in [-0.2, 0) is 24.2 Å². The van der Waals surface area contributed by atoms with Crippen molar-refractivity contribution in [3.8, 4) is 11.4 Å². The lowest BCUT2D eigenvalue weighted by atomic mass is 10.2. The van der Waals surface area contributed by atoms with Gasteiger partial charge in [-0.15, -0.1) is 0 Å². The summed E-state index contributed by atoms with van der Waals surface area (Å²) in [4.78, 5) is 24.5. The molecule has 9 nitrogen and oxygen atoms in total. The first-order chi connectivity index (χ1) is 14.3. The number of nitrogens with one attached hydrogen (secondary N) is 1. The van der Waals surface area contributed by atoms with Crippen LogP contribution in [0.1, 0.15) is 17.9 Å². The van der Waals surface area contributed by atoms with Gasteiger partial charge < -0.3 is 9.84 Å². The molecule has 0 aromatic carbocycles. The highest BCUT2D eigenvalue weighted by atomic mass is 16.5. The molecule has 0 fully saturated rings. The minimum absolute atomic E-state index is 0.159. The first-order valence-electron chi connectivity index (χ1n) is 9.21. The van der Waals surface area contributed by atoms with Crippen molar-refractivity contribution < 1.29 is 9.32 Å². The lowest BCUT2D eigenvalue weighted by Crippen LogP contribution is -2.13. The number of nitrogens with zero attached hydrogens (tertiary/aromatic N) is 6. The molecule has 4 aromatic heterocycles. The van der Waals surface area contributed by atoms with E-state index in [1.54, 1.807) is 47.7 Å². The number of amides is 1. The third-order valence-electron chi connectivity index (χ3n) is 4.26. The predicted molar refractivity (Wildman–Crippen MR) is 105 cm³/mol. The molecular weight excluding hydrogens is 370 g/mol. The summed E-state index contributed by atoms with van der Waals surface area (Å²) in [6.45, 7) is 0.722. The quantitative estimate of drug-likeness (QED) is 0.493. The number of aryl methyl sites for hydroxylation is 3. The van der Waals surface area contributed by atoms with Gasteiger partial charge in [0, 0.05) is 62.0 Å². The Balaban J connectivity index is 1.25. The molecule has 9 heteroatoms. The Morgan fingerprint density at radius 1 is 1.00 bits per heavy atom. The zero-order valence-corrected chi connectivity index (χ0v) is 15.6. The van der Waals surface area contributed by atoms with Crippen molar-refractivity contribution in [2.24, 2.45) is 0 Å². The van der Waals surface area contributed by atoms with Crippen molar-refractivity contribution in [2.75, 3.05) is 5.32 Å². The van der Waals surface area contributed by atoms with Crippen molar-refractivity contribution >= 4 is 11.7 Å². The standard InChI is InChI=1S/C20H19N7O2/c28-18(1-2-19-24-20(26-29-19)16-5-11-22-12-6-16)23-17-8-14-27(25-17)13-7-15-3-9-21-10-4-15/h3-6,8-12,14H,1-2,7,13H2,(H,23,25,28). The van der Waals surface area contributed by atoms with Crippen LogP contribution in [0.25, 0.3) is 11.4 Å². The SMILES string of the molecule is O=C(CCc1nc(-c2ccncc2)no1)Nc1ccn(CCc2ccncc2)n1. The van der Waals surface area contributed by atoms with Crippen LogP contribution in [0.3, 0.4) is 0 Å². The normalized spacial score (nSPS) is 10.8. The van der Waals surface area contributed by atoms with E-state index in [2.05, 4.69) is 30.5 Å². The Labute approximate surface area is 166 Å². The van der Waals surface area contributed by atoms with Gasteiger partial charge in [0.1, 0.15) is 0 Å². The van der Waals surface area contributed by atoms with Gasteiger partial charge >= 0.3 is 0 Å². The smallest absolute Gasteiger partial charge is 0.227 e. The average Bonchev–Trinajstić information content (AvgIpc) is 3.42. The number of hydrogen-bond acceptors (Lipinski definition) is 7. The lowest BCUT2D eigenvalue weighted by Gasteiger charge is -2.02. The fourth-order valence-corrected chi connectivity index (χ4v) is 2.75. The van der Waals surface area contributed by atoms with Crippen LogP contribution in [0.2, 0.25) is 0 Å². The summed E-state index contributed by atoms with van der Waals surface area (Å²) in [5.74, 6) is 1.26. The number of anilines is 1. The van der Waals surface area contributed by atoms with Crippen molar-refractivity contribution in [3.05, 3.63) is 72.8 Å². The number of pyridine rings is 2. The van der Waals surface area contributed by atoms with Crippen LogP contribution in [-0.4, -0.2) is 35.8 Å². The highest BCUT2D eigenvalue weighted by molar-refractivity contribution is 5.89. The Morgan fingerprint density at radius 2 is 1.76 bits per heavy atom. The largest absolute Gasteiger partial charge is 0.339 e. The molecule has 0 saturated heterocycles. The molecule has 0 bridgehead atoms. The lowest BCUT2D eigenvalue weighted by molar-refractivity contribution is -0.116. The average molecular weight is 389 g/mol. The van der Waals surface area contributed by atoms with Crippen LogP contribution in [0.5, 0.6) is 0 Å². The second-order valence-corrected chi connectivity index (χ2v) is 6.37. The monoisotopic (exact) mass is 389 g/mol. The van der Waals surface area contributed by atoms with E-state index in [-0.39, 0.29) is 12.3 Å². The molecule has 1 N–H and O–H groups in total. The van der Waals surface area contributed by atoms with E-state index in [9.17, 15) is 4.79 Å². The summed E-state index contributed by atoms with van der Waals surface area (Å²) in [6.07, 6.45) is 10.1. The zero-order valence-electron chi connectivity index (χ0n) is 15.6. The third-order valence-corrected chi connectivity index (χ3v) is 4.26. The summed E-state index contributed by atoms with van der Waals surface area (Å²) in [6, 6.07) is 9.32. The van der Waals surface area contributed by atoms with Gasteiger partial charge in [-0.05, 0) is 36.2 Å². The second-order valence-electron chi connectivity index (χ2n) is 6.37. The van der Waals surface area contributed by atoms with E-state index in [0.29, 0.717) is 24.0 Å². The molecular formula is C20H19N7O2. The van der Waals surface area contributed by atoms with E-state index >= 15 is 0 Å². The fourth-order valence-electron chi connectivity index (χ4n) is 2.75. The molecule has 29 heavy (non-hydrogen) atoms. The summed E-state index contributed by atoms with van der Waals surface area (Å²) in [7, 11) is 0. The number of carbonyl (C=O) groups excluding carboxylic acids is 1. The van der Waals surface area contributed by atoms with Crippen LogP contribution in [0.4, 0.5) is 5.82 Å². The third kappa shape index (κ3) is 5.10. The van der Waals surface area contributed by atoms with E-state index in [1.165, 1.54) is 5.56 Å². The maximum atomic E-state index is 12.2. The van der Waals surface area contributed by atoms with Crippen molar-refractivity contribution in [1.29, 1.82) is 0 Å². The first-order valence-corrected chi connectivity index (χ1v) is 9.21. The molecule has 0 spiro atoms. The minimum Gasteiger partial charge on any atom is -0.339 e. The number of aromatic nitrogens is 6. The van der Waals surface area contributed by atoms with Gasteiger partial charge in [-0.25, -0.2) is 0 Å². The topological polar surface area (TPSA) is 112 Å². The second kappa shape index (κ2) is 8.87. The molecule has 4 heterocycles. The van der Waals surface area contributed by atoms with Gasteiger partial charge in [0.15, 0.2) is 5.82 Å². The summed E-state index contributed by atoms with van der Waals surface area (Å²) in [5, 5.41) is 11.1. The van der Waals surface area contributed by atoms with Gasteiger partial charge in [0.2, 0.25) is 17.6 Å². The van der Waals surface area contributed by atoms with Crippen LogP contribution >= 0.6 is 0 Å². The number of carbonyl (C=O) groups is 1. The fraction of sp³-hybridized carbons (Fsp3) is 0.200. The zero-order chi connectivity index (χ0) is 19.9. The Kier molecular flexibility index (Phi) is 5.65. The highest BCUT2D eigenvalue weighted by Crippen LogP contribution is 2.15. The molecule has 0 aliphatic carbocycles. The molecule has 4 aromatic rings. The van der Waals surface area contributed by atoms with Crippen molar-refractivity contribution in [1.82, 2.24) is 29.9 Å². The summed E-state index contributed by atoms with van der Waals surface area (Å²) < 4.78 is 7.01. The number of hydrogen-bond donors (Lipinski definition) is 1. The molecule has 4 rings (SSSR count). The minimum atomic E-state index is -0.159. The van der Waals surface area contributed by atoms with E-state index < -0.39 is 0 Å². The van der Waals surface area contributed by atoms with Crippen LogP contribution in [0, 0.1) is 0 Å². The Morgan fingerprint density at radius 3 is 2.55 bits per heavy atom. The van der Waals surface area contributed by atoms with Gasteiger partial charge in [0.05, 0.1) is 0 Å². The molecule has 146 valence electrons. The summed E-state index contributed by atoms with van der Waals surface area (Å²) >= 11 is 0. The van der Waals surface area contributed by atoms with E-state index in [4.69, 9.17) is 4.52 Å². The molecule has 0 radical (unpaired) electrons. The maximum absolute atomic E-state index is 12.2. The molecule has 0 unspecified atom stereocenters. The molecule has 0 aliphatic rings. The summed E-state index contributed by atoms with van der Waals surface area (Å²) in [5.41, 5.74) is 2.00. The van der Waals surface area contributed by atoms with Gasteiger partial charge in [-0.2, -0.15) is 10.1 Å². The predicted octanol–water partition coefficient (Wildman–Crippen LogP) is 2.54. The van der Waals surface area contributed by atoms with Crippen molar-refractivity contribution in [2.45, 2.75) is 25.8 Å². The van der Waals surface area contributed by atoms with E-state index in [1.807, 2.05) is 18.3 Å². The first kappa shape index (κ1) is 18.5. The molecule has 1 amide bonds. The van der Waals surface area contributed by atoms with Gasteiger partial charge in [-0.3, -0.25) is 19.4 Å². The molecule has 0 saturated carbocycles. The van der Waals surface area contributed by atoms with Crippen LogP contribution in [0.15, 0.2) is 65.8 Å². The highest BCUT2D eigenvalue weighted by Gasteiger charge is 2.11. The molecule has 0 atom stereocenters. The number of rotatable bonds is 8. The molecule has 0 aliphatic heterocycles. The van der Waals surface area contributed by atoms with E-state index in [0.717, 1.165) is 18.5 Å². The van der Waals surface area contributed by atoms with Gasteiger partial charge in [-0.1, -0.05) is 5.16 Å². The van der Waals surface area contributed by atoms with Crippen molar-refractivity contribution in [3.63, 3.8) is 0 Å². The van der Waals surface area contributed by atoms with Gasteiger partial charge in [0.25, 0.3) is 0 Å². The van der Waals surface area contributed by atoms with Crippen LogP contribution < -0.4 is 5.32 Å². The maximum Gasteiger partial charge on any atom is 0.227 e. The Bertz CT molecular complexity index is 1060.